The van der Waals surface area contributed by atoms with E-state index in [0.717, 1.165) is 0 Å². The Kier molecular flexibility index (Phi) is 9.62. The fraction of sp³-hybridized carbons (Fsp3) is 0.737. The van der Waals surface area contributed by atoms with Gasteiger partial charge in [-0.15, -0.1) is 0 Å². The Morgan fingerprint density at radius 2 is 1.43 bits per heavy atom. The Labute approximate surface area is 136 Å². The van der Waals surface area contributed by atoms with E-state index in [2.05, 4.69) is 39.8 Å². The van der Waals surface area contributed by atoms with E-state index in [1.165, 1.54) is 63.8 Å². The molecule has 0 aromatic carbocycles. The van der Waals surface area contributed by atoms with Crippen LogP contribution in [0.1, 0.15) is 71.3 Å². The molecule has 0 atom stereocenters. The molecule has 0 amide bonds. The maximum absolute atomic E-state index is 4.93. The second-order valence-corrected chi connectivity index (χ2v) is 19.6. The summed E-state index contributed by atoms with van der Waals surface area (Å²) < 4.78 is 6.17. The molecule has 0 unspecified atom stereocenters. The third-order valence-electron chi connectivity index (χ3n) is 4.79. The van der Waals surface area contributed by atoms with Crippen molar-refractivity contribution in [3.8, 4) is 0 Å². The molecule has 0 N–H and O–H groups in total. The zero-order valence-electron chi connectivity index (χ0n) is 14.8. The van der Waals surface area contributed by atoms with Crippen molar-refractivity contribution in [3.63, 3.8) is 0 Å². The van der Waals surface area contributed by atoms with Gasteiger partial charge in [0.1, 0.15) is 0 Å². The van der Waals surface area contributed by atoms with E-state index in [4.69, 9.17) is 4.98 Å². The first-order valence-electron chi connectivity index (χ1n) is 9.12. The molecule has 0 bridgehead atoms. The summed E-state index contributed by atoms with van der Waals surface area (Å²) in [5, 5.41) is 0. The fourth-order valence-corrected chi connectivity index (χ4v) is 19.8. The molecule has 0 aliphatic rings. The molecule has 1 heterocycles. The monoisotopic (exact) mass is 397 g/mol. The van der Waals surface area contributed by atoms with Crippen molar-refractivity contribution in [1.82, 2.24) is 4.98 Å². The molecule has 0 spiro atoms. The van der Waals surface area contributed by atoms with Crippen LogP contribution < -0.4 is 3.71 Å². The van der Waals surface area contributed by atoms with Gasteiger partial charge in [-0.2, -0.15) is 0 Å². The normalized spacial score (nSPS) is 11.8. The van der Waals surface area contributed by atoms with Gasteiger partial charge in [-0.3, -0.25) is 0 Å². The van der Waals surface area contributed by atoms with Crippen LogP contribution in [0.3, 0.4) is 0 Å². The molecule has 1 nitrogen and oxygen atoms in total. The predicted octanol–water partition coefficient (Wildman–Crippen LogP) is 5.84. The van der Waals surface area contributed by atoms with Crippen LogP contribution >= 0.6 is 0 Å². The number of aryl methyl sites for hydroxylation is 1. The van der Waals surface area contributed by atoms with Crippen LogP contribution in [-0.4, -0.2) is 23.4 Å². The summed E-state index contributed by atoms with van der Waals surface area (Å²) in [7, 11) is 0. The van der Waals surface area contributed by atoms with Crippen LogP contribution in [0.2, 0.25) is 13.3 Å². The standard InChI is InChI=1S/C6H6N.C5H11.2C4H9.Sn/c1-6-3-2-4-7-5-6;1-3-5-4-2;2*1-3-4-2;/h2-4H,1H3;1,3-5H2,2H3;2*1,3-4H2,2H3;. The van der Waals surface area contributed by atoms with Gasteiger partial charge in [-0.05, 0) is 0 Å². The summed E-state index contributed by atoms with van der Waals surface area (Å²) in [6.07, 6.45) is 11.7. The Bertz CT molecular complexity index is 381. The molecule has 120 valence electrons. The predicted molar refractivity (Wildman–Crippen MR) is 98.1 cm³/mol. The van der Waals surface area contributed by atoms with Crippen LogP contribution in [0, 0.1) is 6.92 Å². The van der Waals surface area contributed by atoms with E-state index in [1.54, 1.807) is 3.71 Å². The molecule has 0 saturated carbocycles. The third kappa shape index (κ3) is 5.92. The van der Waals surface area contributed by atoms with Crippen LogP contribution in [0.5, 0.6) is 0 Å². The van der Waals surface area contributed by atoms with E-state index in [-0.39, 0.29) is 0 Å². The Balaban J connectivity index is 3.04. The summed E-state index contributed by atoms with van der Waals surface area (Å²) in [5.74, 6) is 0. The van der Waals surface area contributed by atoms with Gasteiger partial charge in [0.2, 0.25) is 0 Å². The molecule has 0 aliphatic heterocycles. The molecular weight excluding hydrogens is 361 g/mol. The maximum atomic E-state index is 4.93. The second kappa shape index (κ2) is 10.6. The minimum absolute atomic E-state index is 1.34. The summed E-state index contributed by atoms with van der Waals surface area (Å²) in [5.41, 5.74) is 1.48. The zero-order valence-corrected chi connectivity index (χ0v) is 17.6. The van der Waals surface area contributed by atoms with Crippen molar-refractivity contribution in [1.29, 1.82) is 0 Å². The molecular formula is C19H35NSn. The Hall–Kier alpha value is -0.0513. The number of unbranched alkanes of at least 4 members (excludes halogenated alkanes) is 4. The second-order valence-electron chi connectivity index (χ2n) is 6.61. The molecule has 0 fully saturated rings. The van der Waals surface area contributed by atoms with Gasteiger partial charge < -0.3 is 0 Å². The van der Waals surface area contributed by atoms with E-state index in [9.17, 15) is 0 Å². The van der Waals surface area contributed by atoms with Gasteiger partial charge in [0.15, 0.2) is 0 Å². The molecule has 1 rings (SSSR count). The number of nitrogens with zero attached hydrogens (tertiary/aromatic N) is 1. The SMILES string of the molecule is CCCC[CH2][Sn]([CH2]CCC)([CH2]CCC)[c]1ncccc1C. The molecule has 2 heteroatoms. The van der Waals surface area contributed by atoms with Crippen molar-refractivity contribution in [3.05, 3.63) is 23.9 Å². The van der Waals surface area contributed by atoms with Crippen molar-refractivity contribution in [2.24, 2.45) is 0 Å². The van der Waals surface area contributed by atoms with Gasteiger partial charge in [-0.1, -0.05) is 0 Å². The van der Waals surface area contributed by atoms with E-state index in [0.29, 0.717) is 0 Å². The first-order chi connectivity index (χ1) is 10.2. The topological polar surface area (TPSA) is 12.9 Å². The van der Waals surface area contributed by atoms with Gasteiger partial charge in [0.25, 0.3) is 0 Å². The van der Waals surface area contributed by atoms with Crippen LogP contribution in [0.4, 0.5) is 0 Å². The molecule has 0 aliphatic carbocycles. The number of aromatic nitrogens is 1. The van der Waals surface area contributed by atoms with Gasteiger partial charge >= 0.3 is 137 Å². The van der Waals surface area contributed by atoms with Gasteiger partial charge in [0, 0.05) is 0 Å². The van der Waals surface area contributed by atoms with Crippen LogP contribution in [0.15, 0.2) is 18.3 Å². The number of pyridine rings is 1. The summed E-state index contributed by atoms with van der Waals surface area (Å²) in [4.78, 5) is 4.93. The summed E-state index contributed by atoms with van der Waals surface area (Å²) >= 11 is -2.29. The van der Waals surface area contributed by atoms with Crippen molar-refractivity contribution >= 4 is 22.1 Å². The average molecular weight is 396 g/mol. The number of hydrogen-bond donors (Lipinski definition) is 0. The molecule has 0 radical (unpaired) electrons. The Morgan fingerprint density at radius 1 is 0.857 bits per heavy atom. The fourth-order valence-electron chi connectivity index (χ4n) is 3.51. The zero-order chi connectivity index (χ0) is 15.6. The van der Waals surface area contributed by atoms with E-state index < -0.39 is 18.4 Å². The van der Waals surface area contributed by atoms with Crippen molar-refractivity contribution in [2.75, 3.05) is 0 Å². The number of rotatable bonds is 11. The number of hydrogen-bond acceptors (Lipinski definition) is 1. The van der Waals surface area contributed by atoms with Crippen LogP contribution in [-0.2, 0) is 0 Å². The third-order valence-corrected chi connectivity index (χ3v) is 20.4. The van der Waals surface area contributed by atoms with E-state index in [1.807, 2.05) is 6.20 Å². The summed E-state index contributed by atoms with van der Waals surface area (Å²) in [6.45, 7) is 9.30. The molecule has 1 aromatic rings. The van der Waals surface area contributed by atoms with E-state index >= 15 is 0 Å². The van der Waals surface area contributed by atoms with Gasteiger partial charge in [0.05, 0.1) is 0 Å². The average Bonchev–Trinajstić information content (AvgIpc) is 2.50. The summed E-state index contributed by atoms with van der Waals surface area (Å²) in [6, 6.07) is 4.41. The molecule has 0 saturated heterocycles. The van der Waals surface area contributed by atoms with Crippen molar-refractivity contribution < 1.29 is 0 Å². The molecule has 21 heavy (non-hydrogen) atoms. The Morgan fingerprint density at radius 3 is 1.95 bits per heavy atom. The first-order valence-corrected chi connectivity index (χ1v) is 16.6. The van der Waals surface area contributed by atoms with Crippen LogP contribution in [0.25, 0.3) is 0 Å². The quantitative estimate of drug-likeness (QED) is 0.339. The molecule has 1 aromatic heterocycles. The van der Waals surface area contributed by atoms with Crippen molar-refractivity contribution in [2.45, 2.75) is 86.0 Å². The first kappa shape index (κ1) is 19.0. The van der Waals surface area contributed by atoms with Gasteiger partial charge in [-0.25, -0.2) is 0 Å². The minimum atomic E-state index is -2.29.